The number of carbonyl (C=O) groups excluding carboxylic acids is 2. The topological polar surface area (TPSA) is 74.3 Å². The van der Waals surface area contributed by atoms with Crippen LogP contribution in [0.4, 0.5) is 4.79 Å². The molecule has 6 nitrogen and oxygen atoms in total. The largest absolute Gasteiger partial charge is 0.354 e. The van der Waals surface area contributed by atoms with Gasteiger partial charge in [-0.3, -0.25) is 4.79 Å². The normalized spacial score (nSPS) is 20.0. The standard InChI is InChI=1S/C15H24N4O2S/c1-9-13(22-11(3)17-9)10(2)19(4)15(21)18-12-7-5-6-8-16-14(12)20/h10,12H,5-8H2,1-4H3,(H,16,20)(H,18,21). The van der Waals surface area contributed by atoms with Gasteiger partial charge in [-0.1, -0.05) is 0 Å². The summed E-state index contributed by atoms with van der Waals surface area (Å²) in [6, 6.07) is -0.728. The first-order valence-corrected chi connectivity index (χ1v) is 8.46. The molecule has 0 saturated carbocycles. The van der Waals surface area contributed by atoms with Crippen molar-refractivity contribution in [2.24, 2.45) is 0 Å². The SMILES string of the molecule is Cc1nc(C)c(C(C)N(C)C(=O)NC2CCCCNC2=O)s1. The lowest BCUT2D eigenvalue weighted by Crippen LogP contribution is -2.49. The summed E-state index contributed by atoms with van der Waals surface area (Å²) in [5.74, 6) is -0.0864. The predicted octanol–water partition coefficient (Wildman–Crippen LogP) is 2.13. The molecule has 2 atom stereocenters. The predicted molar refractivity (Wildman–Crippen MR) is 86.9 cm³/mol. The highest BCUT2D eigenvalue weighted by Gasteiger charge is 2.26. The number of aromatic nitrogens is 1. The number of hydrogen-bond donors (Lipinski definition) is 2. The number of thiazole rings is 1. The number of nitrogens with one attached hydrogen (secondary N) is 2. The lowest BCUT2D eigenvalue weighted by molar-refractivity contribution is -0.122. The molecule has 2 rings (SSSR count). The summed E-state index contributed by atoms with van der Waals surface area (Å²) in [5, 5.41) is 6.67. The summed E-state index contributed by atoms with van der Waals surface area (Å²) < 4.78 is 0. The Kier molecular flexibility index (Phi) is 5.39. The van der Waals surface area contributed by atoms with Crippen molar-refractivity contribution in [2.45, 2.75) is 52.1 Å². The summed E-state index contributed by atoms with van der Waals surface area (Å²) in [4.78, 5) is 31.5. The molecular weight excluding hydrogens is 300 g/mol. The van der Waals surface area contributed by atoms with Crippen LogP contribution in [0.3, 0.4) is 0 Å². The van der Waals surface area contributed by atoms with Crippen molar-refractivity contribution in [3.63, 3.8) is 0 Å². The average Bonchev–Trinajstić information content (AvgIpc) is 2.68. The van der Waals surface area contributed by atoms with E-state index in [1.165, 1.54) is 0 Å². The van der Waals surface area contributed by atoms with Crippen LogP contribution in [0.5, 0.6) is 0 Å². The van der Waals surface area contributed by atoms with E-state index in [1.54, 1.807) is 23.3 Å². The first-order chi connectivity index (χ1) is 10.4. The van der Waals surface area contributed by atoms with Gasteiger partial charge in [0.05, 0.1) is 16.7 Å². The molecular formula is C15H24N4O2S. The van der Waals surface area contributed by atoms with Crippen LogP contribution in [-0.4, -0.2) is 41.5 Å². The summed E-state index contributed by atoms with van der Waals surface area (Å²) >= 11 is 1.61. The van der Waals surface area contributed by atoms with Crippen molar-refractivity contribution in [2.75, 3.05) is 13.6 Å². The van der Waals surface area contributed by atoms with Crippen LogP contribution in [0, 0.1) is 13.8 Å². The summed E-state index contributed by atoms with van der Waals surface area (Å²) in [7, 11) is 1.75. The Morgan fingerprint density at radius 1 is 1.45 bits per heavy atom. The Hall–Kier alpha value is -1.63. The molecule has 0 spiro atoms. The minimum Gasteiger partial charge on any atom is -0.354 e. The number of urea groups is 1. The van der Waals surface area contributed by atoms with Crippen LogP contribution < -0.4 is 10.6 Å². The highest BCUT2D eigenvalue weighted by molar-refractivity contribution is 7.11. The maximum atomic E-state index is 12.4. The second-order valence-corrected chi connectivity index (χ2v) is 6.99. The van der Waals surface area contributed by atoms with Crippen LogP contribution >= 0.6 is 11.3 Å². The van der Waals surface area contributed by atoms with Crippen LogP contribution in [0.15, 0.2) is 0 Å². The Morgan fingerprint density at radius 2 is 2.18 bits per heavy atom. The quantitative estimate of drug-likeness (QED) is 0.894. The van der Waals surface area contributed by atoms with Crippen molar-refractivity contribution >= 4 is 23.3 Å². The zero-order valence-electron chi connectivity index (χ0n) is 13.6. The second kappa shape index (κ2) is 7.09. The smallest absolute Gasteiger partial charge is 0.318 e. The minimum absolute atomic E-state index is 0.0694. The first kappa shape index (κ1) is 16.7. The molecule has 1 fully saturated rings. The van der Waals surface area contributed by atoms with Crippen LogP contribution in [0.25, 0.3) is 0 Å². The molecule has 2 N–H and O–H groups in total. The Bertz CT molecular complexity index is 558. The van der Waals surface area contributed by atoms with Crippen molar-refractivity contribution in [3.8, 4) is 0 Å². The molecule has 1 saturated heterocycles. The molecule has 3 amide bonds. The zero-order valence-corrected chi connectivity index (χ0v) is 14.4. The molecule has 1 aromatic heterocycles. The third-order valence-electron chi connectivity index (χ3n) is 4.05. The number of aryl methyl sites for hydroxylation is 2. The van der Waals surface area contributed by atoms with Gasteiger partial charge in [0.25, 0.3) is 0 Å². The van der Waals surface area contributed by atoms with Crippen molar-refractivity contribution in [3.05, 3.63) is 15.6 Å². The van der Waals surface area contributed by atoms with Gasteiger partial charge in [0.15, 0.2) is 0 Å². The van der Waals surface area contributed by atoms with Gasteiger partial charge in [-0.2, -0.15) is 0 Å². The van der Waals surface area contributed by atoms with Gasteiger partial charge in [0, 0.05) is 18.5 Å². The van der Waals surface area contributed by atoms with Gasteiger partial charge in [0.2, 0.25) is 5.91 Å². The fourth-order valence-electron chi connectivity index (χ4n) is 2.61. The maximum Gasteiger partial charge on any atom is 0.318 e. The maximum absolute atomic E-state index is 12.4. The molecule has 0 radical (unpaired) electrons. The zero-order chi connectivity index (χ0) is 16.3. The van der Waals surface area contributed by atoms with Gasteiger partial charge < -0.3 is 15.5 Å². The summed E-state index contributed by atoms with van der Waals surface area (Å²) in [6.07, 6.45) is 2.60. The third-order valence-corrected chi connectivity index (χ3v) is 5.30. The minimum atomic E-state index is -0.436. The molecule has 1 aliphatic heterocycles. The van der Waals surface area contributed by atoms with E-state index < -0.39 is 6.04 Å². The van der Waals surface area contributed by atoms with Gasteiger partial charge in [0.1, 0.15) is 6.04 Å². The third kappa shape index (κ3) is 3.76. The molecule has 0 aromatic carbocycles. The fourth-order valence-corrected chi connectivity index (χ4v) is 3.64. The molecule has 1 aliphatic rings. The second-order valence-electron chi connectivity index (χ2n) is 5.76. The van der Waals surface area contributed by atoms with Crippen LogP contribution in [0.2, 0.25) is 0 Å². The number of rotatable bonds is 3. The van der Waals surface area contributed by atoms with E-state index in [-0.39, 0.29) is 18.0 Å². The summed E-state index contributed by atoms with van der Waals surface area (Å²) in [5.41, 5.74) is 0.960. The van der Waals surface area contributed by atoms with Gasteiger partial charge in [-0.25, -0.2) is 9.78 Å². The molecule has 7 heteroatoms. The highest BCUT2D eigenvalue weighted by atomic mass is 32.1. The van der Waals surface area contributed by atoms with E-state index in [0.29, 0.717) is 13.0 Å². The Labute approximate surface area is 135 Å². The van der Waals surface area contributed by atoms with Gasteiger partial charge >= 0.3 is 6.03 Å². The molecule has 2 heterocycles. The Morgan fingerprint density at radius 3 is 2.82 bits per heavy atom. The van der Waals surface area contributed by atoms with E-state index in [0.717, 1.165) is 28.4 Å². The van der Waals surface area contributed by atoms with Gasteiger partial charge in [-0.15, -0.1) is 11.3 Å². The molecule has 122 valence electrons. The molecule has 0 aliphatic carbocycles. The van der Waals surface area contributed by atoms with E-state index >= 15 is 0 Å². The molecule has 22 heavy (non-hydrogen) atoms. The lowest BCUT2D eigenvalue weighted by atomic mass is 10.1. The number of amides is 3. The fraction of sp³-hybridized carbons (Fsp3) is 0.667. The van der Waals surface area contributed by atoms with Crippen molar-refractivity contribution in [1.82, 2.24) is 20.5 Å². The summed E-state index contributed by atoms with van der Waals surface area (Å²) in [6.45, 7) is 6.59. The van der Waals surface area contributed by atoms with Crippen LogP contribution in [0.1, 0.15) is 47.8 Å². The molecule has 1 aromatic rings. The van der Waals surface area contributed by atoms with E-state index in [1.807, 2.05) is 20.8 Å². The average molecular weight is 324 g/mol. The lowest BCUT2D eigenvalue weighted by Gasteiger charge is -2.27. The van der Waals surface area contributed by atoms with Crippen molar-refractivity contribution in [1.29, 1.82) is 0 Å². The highest BCUT2D eigenvalue weighted by Crippen LogP contribution is 2.28. The van der Waals surface area contributed by atoms with E-state index in [4.69, 9.17) is 0 Å². The number of carbonyl (C=O) groups is 2. The number of nitrogens with zero attached hydrogens (tertiary/aromatic N) is 2. The van der Waals surface area contributed by atoms with Crippen molar-refractivity contribution < 1.29 is 9.59 Å². The monoisotopic (exact) mass is 324 g/mol. The van der Waals surface area contributed by atoms with Gasteiger partial charge in [-0.05, 0) is 40.0 Å². The molecule has 2 unspecified atom stereocenters. The first-order valence-electron chi connectivity index (χ1n) is 7.65. The number of hydrogen-bond acceptors (Lipinski definition) is 4. The van der Waals surface area contributed by atoms with E-state index in [9.17, 15) is 9.59 Å². The van der Waals surface area contributed by atoms with Crippen LogP contribution in [-0.2, 0) is 4.79 Å². The molecule has 0 bridgehead atoms. The Balaban J connectivity index is 2.02. The van der Waals surface area contributed by atoms with E-state index in [2.05, 4.69) is 15.6 Å².